The molecular formula is C10H8ClNO. The summed E-state index contributed by atoms with van der Waals surface area (Å²) in [6.45, 7) is 1.87. The normalized spacial score (nSPS) is 10.6. The molecular weight excluding hydrogens is 186 g/mol. The van der Waals surface area contributed by atoms with Crippen molar-refractivity contribution >= 4 is 22.5 Å². The number of hydrogen-bond acceptors (Lipinski definition) is 2. The van der Waals surface area contributed by atoms with Crippen molar-refractivity contribution in [3.63, 3.8) is 0 Å². The zero-order valence-electron chi connectivity index (χ0n) is 7.08. The highest BCUT2D eigenvalue weighted by atomic mass is 35.5. The molecule has 0 saturated heterocycles. The van der Waals surface area contributed by atoms with Crippen molar-refractivity contribution in [2.24, 2.45) is 0 Å². The molecule has 13 heavy (non-hydrogen) atoms. The van der Waals surface area contributed by atoms with Crippen molar-refractivity contribution in [3.05, 3.63) is 35.0 Å². The maximum Gasteiger partial charge on any atom is 0.117 e. The van der Waals surface area contributed by atoms with Crippen molar-refractivity contribution in [1.82, 2.24) is 4.98 Å². The van der Waals surface area contributed by atoms with Crippen LogP contribution in [0.4, 0.5) is 0 Å². The van der Waals surface area contributed by atoms with E-state index in [1.54, 1.807) is 24.3 Å². The zero-order valence-corrected chi connectivity index (χ0v) is 7.84. The van der Waals surface area contributed by atoms with Crippen molar-refractivity contribution in [2.45, 2.75) is 6.92 Å². The van der Waals surface area contributed by atoms with Crippen LogP contribution in [0.1, 0.15) is 5.69 Å². The van der Waals surface area contributed by atoms with Gasteiger partial charge in [0.1, 0.15) is 5.75 Å². The molecule has 1 aromatic heterocycles. The number of fused-ring (bicyclic) bond motifs is 1. The smallest absolute Gasteiger partial charge is 0.117 e. The standard InChI is InChI=1S/C10H8ClNO/c1-6-4-9(11)8-3-2-7(13)5-10(8)12-6/h2-5,13H,1H3. The maximum atomic E-state index is 9.23. The minimum Gasteiger partial charge on any atom is -0.508 e. The molecule has 2 rings (SSSR count). The molecule has 66 valence electrons. The van der Waals surface area contributed by atoms with Crippen LogP contribution in [0.2, 0.25) is 5.02 Å². The first-order valence-electron chi connectivity index (χ1n) is 3.93. The van der Waals surface area contributed by atoms with Crippen LogP contribution >= 0.6 is 11.6 Å². The van der Waals surface area contributed by atoms with Gasteiger partial charge in [-0.2, -0.15) is 0 Å². The maximum absolute atomic E-state index is 9.23. The van der Waals surface area contributed by atoms with Gasteiger partial charge in [-0.3, -0.25) is 4.98 Å². The number of aromatic nitrogens is 1. The number of halogens is 1. The number of aryl methyl sites for hydroxylation is 1. The molecule has 1 aromatic carbocycles. The van der Waals surface area contributed by atoms with Crippen molar-refractivity contribution < 1.29 is 5.11 Å². The van der Waals surface area contributed by atoms with Crippen molar-refractivity contribution in [3.8, 4) is 5.75 Å². The van der Waals surface area contributed by atoms with E-state index in [1.165, 1.54) is 0 Å². The number of pyridine rings is 1. The zero-order chi connectivity index (χ0) is 9.42. The van der Waals surface area contributed by atoms with Gasteiger partial charge in [-0.25, -0.2) is 0 Å². The molecule has 0 fully saturated rings. The largest absolute Gasteiger partial charge is 0.508 e. The van der Waals surface area contributed by atoms with Gasteiger partial charge in [0.15, 0.2) is 0 Å². The number of rotatable bonds is 0. The molecule has 0 unspecified atom stereocenters. The second-order valence-corrected chi connectivity index (χ2v) is 3.35. The van der Waals surface area contributed by atoms with Gasteiger partial charge in [-0.05, 0) is 25.1 Å². The molecule has 0 radical (unpaired) electrons. The highest BCUT2D eigenvalue weighted by Crippen LogP contribution is 2.25. The lowest BCUT2D eigenvalue weighted by atomic mass is 10.2. The first-order chi connectivity index (χ1) is 6.16. The van der Waals surface area contributed by atoms with Crippen LogP contribution in [0.15, 0.2) is 24.3 Å². The summed E-state index contributed by atoms with van der Waals surface area (Å²) in [6, 6.07) is 6.78. The molecule has 0 aliphatic rings. The quantitative estimate of drug-likeness (QED) is 0.698. The van der Waals surface area contributed by atoms with Gasteiger partial charge in [0.05, 0.1) is 10.5 Å². The SMILES string of the molecule is Cc1cc(Cl)c2ccc(O)cc2n1. The van der Waals surface area contributed by atoms with Crippen molar-refractivity contribution in [1.29, 1.82) is 0 Å². The predicted octanol–water partition coefficient (Wildman–Crippen LogP) is 2.90. The Bertz CT molecular complexity index is 462. The molecule has 0 amide bonds. The molecule has 0 bridgehead atoms. The highest BCUT2D eigenvalue weighted by Gasteiger charge is 2.01. The summed E-state index contributed by atoms with van der Waals surface area (Å²) in [5, 5.41) is 10.8. The van der Waals surface area contributed by atoms with E-state index < -0.39 is 0 Å². The predicted molar refractivity (Wildman–Crippen MR) is 53.2 cm³/mol. The molecule has 2 nitrogen and oxygen atoms in total. The van der Waals surface area contributed by atoms with Crippen LogP contribution in [0.3, 0.4) is 0 Å². The van der Waals surface area contributed by atoms with E-state index in [4.69, 9.17) is 11.6 Å². The third-order valence-corrected chi connectivity index (χ3v) is 2.18. The van der Waals surface area contributed by atoms with E-state index in [-0.39, 0.29) is 5.75 Å². The van der Waals surface area contributed by atoms with Gasteiger partial charge >= 0.3 is 0 Å². The first kappa shape index (κ1) is 8.32. The van der Waals surface area contributed by atoms with E-state index in [2.05, 4.69) is 4.98 Å². The van der Waals surface area contributed by atoms with Crippen LogP contribution in [0.25, 0.3) is 10.9 Å². The minimum atomic E-state index is 0.210. The van der Waals surface area contributed by atoms with E-state index >= 15 is 0 Å². The Hall–Kier alpha value is -1.28. The van der Waals surface area contributed by atoms with Crippen LogP contribution in [0.5, 0.6) is 5.75 Å². The number of nitrogens with zero attached hydrogens (tertiary/aromatic N) is 1. The number of phenolic OH excluding ortho intramolecular Hbond substituents is 1. The molecule has 3 heteroatoms. The molecule has 0 aliphatic carbocycles. The second kappa shape index (κ2) is 2.89. The number of aromatic hydroxyl groups is 1. The Labute approximate surface area is 80.8 Å². The molecule has 0 aliphatic heterocycles. The number of benzene rings is 1. The molecule has 0 saturated carbocycles. The van der Waals surface area contributed by atoms with Crippen LogP contribution in [-0.2, 0) is 0 Å². The van der Waals surface area contributed by atoms with Gasteiger partial charge in [-0.1, -0.05) is 11.6 Å². The fourth-order valence-electron chi connectivity index (χ4n) is 1.30. The Morgan fingerprint density at radius 3 is 2.85 bits per heavy atom. The monoisotopic (exact) mass is 193 g/mol. The second-order valence-electron chi connectivity index (χ2n) is 2.95. The lowest BCUT2D eigenvalue weighted by Crippen LogP contribution is -1.83. The van der Waals surface area contributed by atoms with Crippen molar-refractivity contribution in [2.75, 3.05) is 0 Å². The molecule has 1 heterocycles. The molecule has 0 atom stereocenters. The van der Waals surface area contributed by atoms with Crippen LogP contribution in [-0.4, -0.2) is 10.1 Å². The molecule has 1 N–H and O–H groups in total. The minimum absolute atomic E-state index is 0.210. The lowest BCUT2D eigenvalue weighted by molar-refractivity contribution is 0.476. The summed E-state index contributed by atoms with van der Waals surface area (Å²) in [7, 11) is 0. The molecule has 2 aromatic rings. The van der Waals surface area contributed by atoms with E-state index in [0.29, 0.717) is 5.02 Å². The number of hydrogen-bond donors (Lipinski definition) is 1. The van der Waals surface area contributed by atoms with Gasteiger partial charge < -0.3 is 5.11 Å². The van der Waals surface area contributed by atoms with Gasteiger partial charge in [0, 0.05) is 17.1 Å². The van der Waals surface area contributed by atoms with Crippen LogP contribution in [0, 0.1) is 6.92 Å². The van der Waals surface area contributed by atoms with E-state index in [9.17, 15) is 5.11 Å². The summed E-state index contributed by atoms with van der Waals surface area (Å²) in [6.07, 6.45) is 0. The Kier molecular flexibility index (Phi) is 1.85. The first-order valence-corrected chi connectivity index (χ1v) is 4.30. The Morgan fingerprint density at radius 2 is 2.08 bits per heavy atom. The topological polar surface area (TPSA) is 33.1 Å². The summed E-state index contributed by atoms with van der Waals surface area (Å²) in [5.74, 6) is 0.210. The van der Waals surface area contributed by atoms with Gasteiger partial charge in [0.2, 0.25) is 0 Å². The highest BCUT2D eigenvalue weighted by molar-refractivity contribution is 6.35. The fourth-order valence-corrected chi connectivity index (χ4v) is 1.62. The third kappa shape index (κ3) is 1.45. The lowest BCUT2D eigenvalue weighted by Gasteiger charge is -2.01. The van der Waals surface area contributed by atoms with E-state index in [1.807, 2.05) is 6.92 Å². The molecule has 0 spiro atoms. The Balaban J connectivity index is 2.86. The fraction of sp³-hybridized carbons (Fsp3) is 0.100. The Morgan fingerprint density at radius 1 is 1.31 bits per heavy atom. The average Bonchev–Trinajstić information content (AvgIpc) is 2.02. The third-order valence-electron chi connectivity index (χ3n) is 1.87. The number of phenols is 1. The van der Waals surface area contributed by atoms with Gasteiger partial charge in [0.25, 0.3) is 0 Å². The van der Waals surface area contributed by atoms with Crippen LogP contribution < -0.4 is 0 Å². The average molecular weight is 194 g/mol. The summed E-state index contributed by atoms with van der Waals surface area (Å²) < 4.78 is 0. The van der Waals surface area contributed by atoms with E-state index in [0.717, 1.165) is 16.6 Å². The summed E-state index contributed by atoms with van der Waals surface area (Å²) >= 11 is 5.99. The summed E-state index contributed by atoms with van der Waals surface area (Å²) in [5.41, 5.74) is 1.58. The summed E-state index contributed by atoms with van der Waals surface area (Å²) in [4.78, 5) is 4.25. The van der Waals surface area contributed by atoms with Gasteiger partial charge in [-0.15, -0.1) is 0 Å².